The van der Waals surface area contributed by atoms with E-state index in [0.717, 1.165) is 12.4 Å². The summed E-state index contributed by atoms with van der Waals surface area (Å²) in [6, 6.07) is 3.51. The van der Waals surface area contributed by atoms with Gasteiger partial charge in [0.25, 0.3) is 0 Å². The van der Waals surface area contributed by atoms with Gasteiger partial charge >= 0.3 is 5.97 Å². The fourth-order valence-corrected chi connectivity index (χ4v) is 1.30. The Hall–Kier alpha value is -1.62. The first-order valence-electron chi connectivity index (χ1n) is 6.41. The van der Waals surface area contributed by atoms with E-state index in [2.05, 4.69) is 29.0 Å². The number of rotatable bonds is 6. The Kier molecular flexibility index (Phi) is 5.30. The molecule has 0 amide bonds. The molecular formula is C14H23N3O2. The normalized spacial score (nSPS) is 11.5. The van der Waals surface area contributed by atoms with Gasteiger partial charge in [-0.15, -0.1) is 0 Å². The molecule has 0 saturated heterocycles. The third kappa shape index (κ3) is 4.52. The molecule has 5 heteroatoms. The molecule has 1 N–H and O–H groups in total. The highest BCUT2D eigenvalue weighted by Crippen LogP contribution is 2.12. The summed E-state index contributed by atoms with van der Waals surface area (Å²) in [4.78, 5) is 17.8. The number of nitrogens with one attached hydrogen (secondary N) is 1. The van der Waals surface area contributed by atoms with Crippen molar-refractivity contribution >= 4 is 11.8 Å². The van der Waals surface area contributed by atoms with E-state index in [0.29, 0.717) is 12.2 Å². The van der Waals surface area contributed by atoms with E-state index in [4.69, 9.17) is 4.74 Å². The molecule has 0 saturated carbocycles. The number of likely N-dealkylation sites (N-methyl/N-ethyl adjacent to an activating group) is 1. The smallest absolute Gasteiger partial charge is 0.339 e. The lowest BCUT2D eigenvalue weighted by molar-refractivity contribution is 0.0526. The Morgan fingerprint density at radius 3 is 2.58 bits per heavy atom. The fraction of sp³-hybridized carbons (Fsp3) is 0.571. The molecule has 0 aliphatic carbocycles. The summed E-state index contributed by atoms with van der Waals surface area (Å²) < 4.78 is 4.91. The Morgan fingerprint density at radius 1 is 1.42 bits per heavy atom. The molecule has 0 aliphatic rings. The molecule has 1 aromatic heterocycles. The summed E-state index contributed by atoms with van der Waals surface area (Å²) in [5, 5.41) is 3.26. The Morgan fingerprint density at radius 2 is 2.11 bits per heavy atom. The maximum absolute atomic E-state index is 11.5. The number of ether oxygens (including phenoxy) is 1. The lowest BCUT2D eigenvalue weighted by Crippen LogP contribution is -2.44. The number of carbonyl (C=O) groups is 1. The first-order chi connectivity index (χ1) is 8.86. The molecule has 0 radical (unpaired) electrons. The molecular weight excluding hydrogens is 242 g/mol. The maximum atomic E-state index is 11.5. The van der Waals surface area contributed by atoms with Gasteiger partial charge in [0.15, 0.2) is 0 Å². The van der Waals surface area contributed by atoms with Crippen LogP contribution in [0.25, 0.3) is 0 Å². The second-order valence-electron chi connectivity index (χ2n) is 5.21. The van der Waals surface area contributed by atoms with Gasteiger partial charge < -0.3 is 15.0 Å². The monoisotopic (exact) mass is 265 g/mol. The number of nitrogens with zero attached hydrogens (tertiary/aromatic N) is 2. The largest absolute Gasteiger partial charge is 0.462 e. The number of hydrogen-bond acceptors (Lipinski definition) is 5. The fourth-order valence-electron chi connectivity index (χ4n) is 1.30. The molecule has 1 rings (SSSR count). The van der Waals surface area contributed by atoms with Crippen molar-refractivity contribution in [3.8, 4) is 0 Å². The van der Waals surface area contributed by atoms with Crippen LogP contribution in [0.15, 0.2) is 18.3 Å². The van der Waals surface area contributed by atoms with Gasteiger partial charge in [0.2, 0.25) is 0 Å². The van der Waals surface area contributed by atoms with Crippen molar-refractivity contribution in [2.75, 3.05) is 32.6 Å². The van der Waals surface area contributed by atoms with E-state index in [1.807, 2.05) is 14.1 Å². The minimum Gasteiger partial charge on any atom is -0.462 e. The number of hydrogen-bond donors (Lipinski definition) is 1. The number of aromatic nitrogens is 1. The van der Waals surface area contributed by atoms with Crippen molar-refractivity contribution in [3.63, 3.8) is 0 Å². The van der Waals surface area contributed by atoms with Gasteiger partial charge in [-0.3, -0.25) is 0 Å². The Bertz CT molecular complexity index is 413. The van der Waals surface area contributed by atoms with Crippen molar-refractivity contribution in [2.24, 2.45) is 0 Å². The van der Waals surface area contributed by atoms with Crippen LogP contribution in [0.1, 0.15) is 31.1 Å². The number of esters is 1. The molecule has 19 heavy (non-hydrogen) atoms. The highest BCUT2D eigenvalue weighted by atomic mass is 16.5. The van der Waals surface area contributed by atoms with Gasteiger partial charge in [-0.05, 0) is 47.0 Å². The SMILES string of the molecule is CCOC(=O)c1ccc(NCC(C)(C)N(C)C)nc1. The molecule has 106 valence electrons. The predicted molar refractivity (Wildman–Crippen MR) is 76.4 cm³/mol. The van der Waals surface area contributed by atoms with Crippen molar-refractivity contribution in [2.45, 2.75) is 26.3 Å². The van der Waals surface area contributed by atoms with Crippen LogP contribution in [0.5, 0.6) is 0 Å². The quantitative estimate of drug-likeness (QED) is 0.797. The van der Waals surface area contributed by atoms with E-state index < -0.39 is 0 Å². The van der Waals surface area contributed by atoms with Crippen molar-refractivity contribution in [3.05, 3.63) is 23.9 Å². The van der Waals surface area contributed by atoms with Gasteiger partial charge in [-0.25, -0.2) is 9.78 Å². The molecule has 5 nitrogen and oxygen atoms in total. The van der Waals surface area contributed by atoms with Crippen molar-refractivity contribution in [1.29, 1.82) is 0 Å². The van der Waals surface area contributed by atoms with Crippen molar-refractivity contribution < 1.29 is 9.53 Å². The van der Waals surface area contributed by atoms with E-state index >= 15 is 0 Å². The van der Waals surface area contributed by atoms with E-state index in [1.165, 1.54) is 6.20 Å². The van der Waals surface area contributed by atoms with Crippen LogP contribution in [0.4, 0.5) is 5.82 Å². The van der Waals surface area contributed by atoms with Gasteiger partial charge in [0.05, 0.1) is 12.2 Å². The first-order valence-corrected chi connectivity index (χ1v) is 6.41. The van der Waals surface area contributed by atoms with Gasteiger partial charge in [-0.1, -0.05) is 0 Å². The van der Waals surface area contributed by atoms with E-state index in [9.17, 15) is 4.79 Å². The summed E-state index contributed by atoms with van der Waals surface area (Å²) in [5.41, 5.74) is 0.501. The molecule has 0 unspecified atom stereocenters. The van der Waals surface area contributed by atoms with E-state index in [-0.39, 0.29) is 11.5 Å². The van der Waals surface area contributed by atoms with Crippen LogP contribution in [0.3, 0.4) is 0 Å². The van der Waals surface area contributed by atoms with Crippen LogP contribution in [-0.4, -0.2) is 48.6 Å². The number of pyridine rings is 1. The summed E-state index contributed by atoms with van der Waals surface area (Å²) >= 11 is 0. The van der Waals surface area contributed by atoms with E-state index in [1.54, 1.807) is 19.1 Å². The van der Waals surface area contributed by atoms with Crippen molar-refractivity contribution in [1.82, 2.24) is 9.88 Å². The minimum absolute atomic E-state index is 0.0293. The van der Waals surface area contributed by atoms with Gasteiger partial charge in [0, 0.05) is 18.3 Å². The summed E-state index contributed by atoms with van der Waals surface area (Å²) in [5.74, 6) is 0.415. The predicted octanol–water partition coefficient (Wildman–Crippen LogP) is 2.01. The third-order valence-electron chi connectivity index (χ3n) is 3.19. The second-order valence-corrected chi connectivity index (χ2v) is 5.21. The highest BCUT2D eigenvalue weighted by molar-refractivity contribution is 5.89. The summed E-state index contributed by atoms with van der Waals surface area (Å²) in [6.07, 6.45) is 1.53. The lowest BCUT2D eigenvalue weighted by Gasteiger charge is -2.32. The molecule has 0 aromatic carbocycles. The molecule has 1 heterocycles. The van der Waals surface area contributed by atoms with Gasteiger partial charge in [0.1, 0.15) is 5.82 Å². The molecule has 0 atom stereocenters. The zero-order valence-electron chi connectivity index (χ0n) is 12.4. The Labute approximate surface area is 115 Å². The minimum atomic E-state index is -0.338. The summed E-state index contributed by atoms with van der Waals surface area (Å²) in [7, 11) is 4.08. The second kappa shape index (κ2) is 6.52. The van der Waals surface area contributed by atoms with Crippen LogP contribution >= 0.6 is 0 Å². The molecule has 1 aromatic rings. The standard InChI is InChI=1S/C14H23N3O2/c1-6-19-13(18)11-7-8-12(15-9-11)16-10-14(2,3)17(4)5/h7-9H,6,10H2,1-5H3,(H,15,16). The average molecular weight is 265 g/mol. The number of anilines is 1. The molecule has 0 spiro atoms. The molecule has 0 aliphatic heterocycles. The van der Waals surface area contributed by atoms with Gasteiger partial charge in [-0.2, -0.15) is 0 Å². The average Bonchev–Trinajstić information content (AvgIpc) is 2.37. The highest BCUT2D eigenvalue weighted by Gasteiger charge is 2.20. The molecule has 0 fully saturated rings. The summed E-state index contributed by atoms with van der Waals surface area (Å²) in [6.45, 7) is 7.21. The Balaban J connectivity index is 2.60. The van der Waals surface area contributed by atoms with Crippen LogP contribution < -0.4 is 5.32 Å². The maximum Gasteiger partial charge on any atom is 0.339 e. The molecule has 0 bridgehead atoms. The zero-order chi connectivity index (χ0) is 14.5. The third-order valence-corrected chi connectivity index (χ3v) is 3.19. The first kappa shape index (κ1) is 15.4. The van der Waals surface area contributed by atoms with Crippen LogP contribution in [0, 0.1) is 0 Å². The topological polar surface area (TPSA) is 54.5 Å². The van der Waals surface area contributed by atoms with Crippen LogP contribution in [0.2, 0.25) is 0 Å². The van der Waals surface area contributed by atoms with Crippen LogP contribution in [-0.2, 0) is 4.74 Å². The lowest BCUT2D eigenvalue weighted by atomic mass is 10.0. The zero-order valence-corrected chi connectivity index (χ0v) is 12.4. The number of carbonyl (C=O) groups excluding carboxylic acids is 1.